The molecule has 0 aliphatic carbocycles. The first-order chi connectivity index (χ1) is 9.47. The Morgan fingerprint density at radius 2 is 2.00 bits per heavy atom. The van der Waals surface area contributed by atoms with E-state index in [4.69, 9.17) is 0 Å². The van der Waals surface area contributed by atoms with Crippen LogP contribution in [0, 0.1) is 5.82 Å². The molecule has 0 saturated heterocycles. The van der Waals surface area contributed by atoms with Crippen molar-refractivity contribution in [1.29, 1.82) is 0 Å². The fourth-order valence-corrected chi connectivity index (χ4v) is 2.13. The summed E-state index contributed by atoms with van der Waals surface area (Å²) in [5.74, 6) is -0.759. The van der Waals surface area contributed by atoms with Gasteiger partial charge in [-0.25, -0.2) is 4.39 Å². The number of carbonyl (C=O) groups is 2. The van der Waals surface area contributed by atoms with Crippen molar-refractivity contribution in [1.82, 2.24) is 10.3 Å². The van der Waals surface area contributed by atoms with Gasteiger partial charge in [0.2, 0.25) is 11.8 Å². The normalized spacial score (nSPS) is 10.6. The number of halogens is 1. The maximum atomic E-state index is 14.1. The molecule has 106 valence electrons. The van der Waals surface area contributed by atoms with Crippen LogP contribution in [0.15, 0.2) is 18.3 Å². The molecule has 0 saturated carbocycles. The summed E-state index contributed by atoms with van der Waals surface area (Å²) in [6.45, 7) is 3.26. The molecule has 2 rings (SSSR count). The number of H-pyrrole nitrogens is 1. The van der Waals surface area contributed by atoms with Crippen LogP contribution in [0.5, 0.6) is 0 Å². The second-order valence-electron chi connectivity index (χ2n) is 4.61. The number of rotatable bonds is 4. The van der Waals surface area contributed by atoms with Crippen LogP contribution in [-0.2, 0) is 16.0 Å². The van der Waals surface area contributed by atoms with Gasteiger partial charge in [0.25, 0.3) is 0 Å². The van der Waals surface area contributed by atoms with Gasteiger partial charge >= 0.3 is 0 Å². The molecular formula is C14H16FN3O2. The molecule has 1 heterocycles. The van der Waals surface area contributed by atoms with Crippen LogP contribution >= 0.6 is 0 Å². The maximum Gasteiger partial charge on any atom is 0.221 e. The number of hydrogen-bond acceptors (Lipinski definition) is 2. The molecule has 0 aliphatic rings. The van der Waals surface area contributed by atoms with E-state index < -0.39 is 5.82 Å². The molecule has 0 radical (unpaired) electrons. The van der Waals surface area contributed by atoms with Crippen molar-refractivity contribution < 1.29 is 14.0 Å². The first-order valence-corrected chi connectivity index (χ1v) is 6.29. The molecule has 0 unspecified atom stereocenters. The highest BCUT2D eigenvalue weighted by Crippen LogP contribution is 2.26. The zero-order valence-electron chi connectivity index (χ0n) is 11.3. The van der Waals surface area contributed by atoms with Crippen LogP contribution in [0.25, 0.3) is 10.9 Å². The molecule has 2 aromatic rings. The molecule has 0 bridgehead atoms. The third-order valence-electron chi connectivity index (χ3n) is 2.90. The summed E-state index contributed by atoms with van der Waals surface area (Å²) in [5.41, 5.74) is 1.82. The summed E-state index contributed by atoms with van der Waals surface area (Å²) in [6.07, 6.45) is 2.25. The van der Waals surface area contributed by atoms with E-state index in [-0.39, 0.29) is 11.8 Å². The number of aromatic amines is 1. The number of nitrogens with one attached hydrogen (secondary N) is 3. The van der Waals surface area contributed by atoms with E-state index in [0.29, 0.717) is 29.6 Å². The number of anilines is 1. The third kappa shape index (κ3) is 3.14. The second-order valence-corrected chi connectivity index (χ2v) is 4.61. The zero-order chi connectivity index (χ0) is 14.7. The first-order valence-electron chi connectivity index (χ1n) is 6.29. The summed E-state index contributed by atoms with van der Waals surface area (Å²) >= 11 is 0. The molecule has 1 aromatic heterocycles. The summed E-state index contributed by atoms with van der Waals surface area (Å²) in [5, 5.41) is 5.71. The monoisotopic (exact) mass is 277 g/mol. The molecule has 0 spiro atoms. The molecule has 0 aliphatic heterocycles. The quantitative estimate of drug-likeness (QED) is 0.799. The molecule has 0 atom stereocenters. The Bertz CT molecular complexity index is 664. The fourth-order valence-electron chi connectivity index (χ4n) is 2.13. The Balaban J connectivity index is 2.26. The summed E-state index contributed by atoms with van der Waals surface area (Å²) < 4.78 is 14.1. The van der Waals surface area contributed by atoms with Gasteiger partial charge in [-0.1, -0.05) is 0 Å². The second kappa shape index (κ2) is 5.73. The van der Waals surface area contributed by atoms with Crippen molar-refractivity contribution in [3.8, 4) is 0 Å². The molecule has 20 heavy (non-hydrogen) atoms. The Morgan fingerprint density at radius 3 is 2.65 bits per heavy atom. The van der Waals surface area contributed by atoms with Gasteiger partial charge in [0, 0.05) is 37.7 Å². The van der Waals surface area contributed by atoms with Crippen molar-refractivity contribution in [2.24, 2.45) is 0 Å². The minimum absolute atomic E-state index is 0.113. The van der Waals surface area contributed by atoms with Gasteiger partial charge in [0.15, 0.2) is 0 Å². The standard InChI is InChI=1S/C14H16FN3O2/c1-8(19)16-4-3-10-7-17-13-6-11(18-9(2)20)5-12(15)14(10)13/h5-7,17H,3-4H2,1-2H3,(H,16,19)(H,18,20). The average molecular weight is 277 g/mol. The van der Waals surface area contributed by atoms with Gasteiger partial charge in [0.1, 0.15) is 5.82 Å². The summed E-state index contributed by atoms with van der Waals surface area (Å²) in [7, 11) is 0. The summed E-state index contributed by atoms with van der Waals surface area (Å²) in [4.78, 5) is 24.8. The van der Waals surface area contributed by atoms with Gasteiger partial charge in [0.05, 0.1) is 5.52 Å². The number of aromatic nitrogens is 1. The maximum absolute atomic E-state index is 14.1. The third-order valence-corrected chi connectivity index (χ3v) is 2.90. The Labute approximate surface area is 115 Å². The van der Waals surface area contributed by atoms with E-state index in [0.717, 1.165) is 5.56 Å². The molecule has 2 amide bonds. The summed E-state index contributed by atoms with van der Waals surface area (Å²) in [6, 6.07) is 2.97. The van der Waals surface area contributed by atoms with E-state index in [9.17, 15) is 14.0 Å². The SMILES string of the molecule is CC(=O)NCCc1c[nH]c2cc(NC(C)=O)cc(F)c12. The molecule has 0 fully saturated rings. The molecule has 5 nitrogen and oxygen atoms in total. The van der Waals surface area contributed by atoms with Crippen LogP contribution in [-0.4, -0.2) is 23.3 Å². The van der Waals surface area contributed by atoms with Gasteiger partial charge in [-0.05, 0) is 24.1 Å². The van der Waals surface area contributed by atoms with E-state index in [1.807, 2.05) is 0 Å². The lowest BCUT2D eigenvalue weighted by atomic mass is 10.1. The van der Waals surface area contributed by atoms with Crippen LogP contribution < -0.4 is 10.6 Å². The largest absolute Gasteiger partial charge is 0.361 e. The topological polar surface area (TPSA) is 74.0 Å². The van der Waals surface area contributed by atoms with Crippen molar-refractivity contribution in [3.05, 3.63) is 29.7 Å². The average Bonchev–Trinajstić information content (AvgIpc) is 2.71. The lowest BCUT2D eigenvalue weighted by Gasteiger charge is -2.05. The van der Waals surface area contributed by atoms with Crippen molar-refractivity contribution in [3.63, 3.8) is 0 Å². The zero-order valence-corrected chi connectivity index (χ0v) is 11.3. The van der Waals surface area contributed by atoms with E-state index in [2.05, 4.69) is 15.6 Å². The molecule has 6 heteroatoms. The Morgan fingerprint density at radius 1 is 1.25 bits per heavy atom. The number of benzene rings is 1. The smallest absolute Gasteiger partial charge is 0.221 e. The highest BCUT2D eigenvalue weighted by molar-refractivity contribution is 5.93. The lowest BCUT2D eigenvalue weighted by molar-refractivity contribution is -0.119. The Hall–Kier alpha value is -2.37. The fraction of sp³-hybridized carbons (Fsp3) is 0.286. The van der Waals surface area contributed by atoms with Crippen molar-refractivity contribution >= 4 is 28.4 Å². The van der Waals surface area contributed by atoms with E-state index in [1.165, 1.54) is 19.9 Å². The number of amides is 2. The van der Waals surface area contributed by atoms with Gasteiger partial charge in [-0.15, -0.1) is 0 Å². The van der Waals surface area contributed by atoms with Crippen LogP contribution in [0.2, 0.25) is 0 Å². The first kappa shape index (κ1) is 14.0. The number of hydrogen-bond donors (Lipinski definition) is 3. The van der Waals surface area contributed by atoms with E-state index in [1.54, 1.807) is 12.3 Å². The van der Waals surface area contributed by atoms with Crippen LogP contribution in [0.1, 0.15) is 19.4 Å². The molecule has 1 aromatic carbocycles. The van der Waals surface area contributed by atoms with E-state index >= 15 is 0 Å². The highest BCUT2D eigenvalue weighted by Gasteiger charge is 2.11. The van der Waals surface area contributed by atoms with Crippen molar-refractivity contribution in [2.75, 3.05) is 11.9 Å². The minimum Gasteiger partial charge on any atom is -0.361 e. The van der Waals surface area contributed by atoms with Gasteiger partial charge in [-0.3, -0.25) is 9.59 Å². The van der Waals surface area contributed by atoms with Crippen LogP contribution in [0.4, 0.5) is 10.1 Å². The molecular weight excluding hydrogens is 261 g/mol. The Kier molecular flexibility index (Phi) is 4.02. The number of fused-ring (bicyclic) bond motifs is 1. The predicted octanol–water partition coefficient (Wildman–Crippen LogP) is 1.94. The van der Waals surface area contributed by atoms with Crippen LogP contribution in [0.3, 0.4) is 0 Å². The minimum atomic E-state index is -0.398. The highest BCUT2D eigenvalue weighted by atomic mass is 19.1. The van der Waals surface area contributed by atoms with Crippen molar-refractivity contribution in [2.45, 2.75) is 20.3 Å². The lowest BCUT2D eigenvalue weighted by Crippen LogP contribution is -2.22. The van der Waals surface area contributed by atoms with Gasteiger partial charge < -0.3 is 15.6 Å². The predicted molar refractivity (Wildman–Crippen MR) is 74.9 cm³/mol. The molecule has 3 N–H and O–H groups in total. The van der Waals surface area contributed by atoms with Gasteiger partial charge in [-0.2, -0.15) is 0 Å². The number of carbonyl (C=O) groups excluding carboxylic acids is 2.